The van der Waals surface area contributed by atoms with Gasteiger partial charge in [-0.05, 0) is 51.4 Å². The Morgan fingerprint density at radius 1 is 0.571 bits per heavy atom. The quantitative estimate of drug-likeness (QED) is 0.344. The van der Waals surface area contributed by atoms with Gasteiger partial charge in [-0.3, -0.25) is 0 Å². The van der Waals surface area contributed by atoms with Crippen molar-refractivity contribution < 1.29 is 0 Å². The monoisotopic (exact) mass is 360 g/mol. The molecule has 1 aliphatic carbocycles. The van der Waals surface area contributed by atoms with Gasteiger partial charge in [0.2, 0.25) is 0 Å². The normalized spacial score (nSPS) is 13.8. The van der Waals surface area contributed by atoms with Gasteiger partial charge in [0.15, 0.2) is 0 Å². The predicted octanol–water partition coefficient (Wildman–Crippen LogP) is 7.64. The first kappa shape index (κ1) is 17.0. The fourth-order valence-corrected chi connectivity index (χ4v) is 4.82. The van der Waals surface area contributed by atoms with Crippen LogP contribution in [-0.4, -0.2) is 0 Å². The number of fused-ring (bicyclic) bond motifs is 3. The molecule has 0 saturated carbocycles. The number of benzene rings is 4. The first-order valence-electron chi connectivity index (χ1n) is 9.97. The van der Waals surface area contributed by atoms with Gasteiger partial charge in [0.1, 0.15) is 0 Å². The Kier molecular flexibility index (Phi) is 3.77. The maximum absolute atomic E-state index is 2.37. The van der Waals surface area contributed by atoms with Crippen molar-refractivity contribution in [1.29, 1.82) is 0 Å². The first-order valence-corrected chi connectivity index (χ1v) is 9.97. The lowest BCUT2D eigenvalue weighted by Crippen LogP contribution is -2.16. The molecule has 4 aromatic carbocycles. The molecule has 0 amide bonds. The van der Waals surface area contributed by atoms with Crippen LogP contribution in [0.3, 0.4) is 0 Å². The zero-order valence-corrected chi connectivity index (χ0v) is 16.7. The van der Waals surface area contributed by atoms with Crippen molar-refractivity contribution in [2.75, 3.05) is 0 Å². The highest BCUT2D eigenvalue weighted by molar-refractivity contribution is 5.97. The fraction of sp³-hybridized carbons (Fsp3) is 0.143. The minimum absolute atomic E-state index is 0.0308. The molecule has 0 heteroatoms. The molecule has 0 nitrogen and oxygen atoms in total. The lowest BCUT2D eigenvalue weighted by atomic mass is 9.78. The van der Waals surface area contributed by atoms with Gasteiger partial charge in [0.05, 0.1) is 0 Å². The zero-order chi connectivity index (χ0) is 19.3. The van der Waals surface area contributed by atoms with Crippen LogP contribution >= 0.6 is 0 Å². The van der Waals surface area contributed by atoms with E-state index in [0.717, 1.165) is 0 Å². The average Bonchev–Trinajstić information content (AvgIpc) is 2.96. The Balaban J connectivity index is 1.89. The zero-order valence-electron chi connectivity index (χ0n) is 16.7. The lowest BCUT2D eigenvalue weighted by Gasteiger charge is -2.25. The topological polar surface area (TPSA) is 0 Å². The average molecular weight is 361 g/mol. The summed E-state index contributed by atoms with van der Waals surface area (Å²) in [4.78, 5) is 0. The van der Waals surface area contributed by atoms with E-state index in [-0.39, 0.29) is 5.41 Å². The van der Waals surface area contributed by atoms with Crippen molar-refractivity contribution in [1.82, 2.24) is 0 Å². The van der Waals surface area contributed by atoms with Crippen LogP contribution in [0.15, 0.2) is 91.0 Å². The van der Waals surface area contributed by atoms with Crippen LogP contribution in [0.1, 0.15) is 30.5 Å². The molecule has 4 aromatic rings. The second-order valence-corrected chi connectivity index (χ2v) is 8.32. The molecule has 0 aromatic heterocycles. The molecule has 5 rings (SSSR count). The van der Waals surface area contributed by atoms with E-state index in [4.69, 9.17) is 0 Å². The van der Waals surface area contributed by atoms with Crippen LogP contribution in [0.4, 0.5) is 0 Å². The van der Waals surface area contributed by atoms with E-state index in [1.807, 2.05) is 0 Å². The molecular formula is C28H24. The number of rotatable bonds is 2. The summed E-state index contributed by atoms with van der Waals surface area (Å²) in [6.07, 6.45) is 0. The molecule has 0 N–H and O–H groups in total. The third-order valence-corrected chi connectivity index (χ3v) is 6.11. The molecule has 0 spiro atoms. The van der Waals surface area contributed by atoms with Gasteiger partial charge in [-0.2, -0.15) is 0 Å². The first-order chi connectivity index (χ1) is 13.6. The fourth-order valence-electron chi connectivity index (χ4n) is 4.82. The summed E-state index contributed by atoms with van der Waals surface area (Å²) >= 11 is 0. The summed E-state index contributed by atoms with van der Waals surface area (Å²) in [5, 5.41) is 0. The van der Waals surface area contributed by atoms with Crippen molar-refractivity contribution in [3.63, 3.8) is 0 Å². The van der Waals surface area contributed by atoms with Crippen molar-refractivity contribution >= 4 is 0 Å². The predicted molar refractivity (Wildman–Crippen MR) is 120 cm³/mol. The Labute approximate surface area is 167 Å². The molecule has 0 heterocycles. The number of hydrogen-bond donors (Lipinski definition) is 0. The van der Waals surface area contributed by atoms with E-state index < -0.39 is 0 Å². The molecule has 0 bridgehead atoms. The molecule has 136 valence electrons. The van der Waals surface area contributed by atoms with Gasteiger partial charge in [0, 0.05) is 5.41 Å². The van der Waals surface area contributed by atoms with Gasteiger partial charge in [-0.15, -0.1) is 0 Å². The smallest absolute Gasteiger partial charge is 0.0165 e. The summed E-state index contributed by atoms with van der Waals surface area (Å²) in [5.74, 6) is 0. The highest BCUT2D eigenvalue weighted by Crippen LogP contribution is 2.55. The van der Waals surface area contributed by atoms with Crippen molar-refractivity contribution in [2.45, 2.75) is 26.2 Å². The van der Waals surface area contributed by atoms with Crippen LogP contribution in [0.5, 0.6) is 0 Å². The molecule has 1 aliphatic rings. The minimum Gasteiger partial charge on any atom is -0.0622 e. The second kappa shape index (κ2) is 6.21. The largest absolute Gasteiger partial charge is 0.0622 e. The maximum atomic E-state index is 2.37. The third kappa shape index (κ3) is 2.45. The molecule has 0 aliphatic heterocycles. The molecule has 0 radical (unpaired) electrons. The van der Waals surface area contributed by atoms with Gasteiger partial charge in [-0.25, -0.2) is 0 Å². The summed E-state index contributed by atoms with van der Waals surface area (Å²) < 4.78 is 0. The van der Waals surface area contributed by atoms with Crippen LogP contribution in [-0.2, 0) is 5.41 Å². The second-order valence-electron chi connectivity index (χ2n) is 8.32. The lowest BCUT2D eigenvalue weighted by molar-refractivity contribution is 0.662. The van der Waals surface area contributed by atoms with Gasteiger partial charge < -0.3 is 0 Å². The van der Waals surface area contributed by atoms with Crippen molar-refractivity contribution in [3.8, 4) is 33.4 Å². The van der Waals surface area contributed by atoms with E-state index in [1.54, 1.807) is 0 Å². The SMILES string of the molecule is Cc1cccc(-c2ccc(-c3ccccc3)c3c2-c2ccccc2C3(C)C)c1. The summed E-state index contributed by atoms with van der Waals surface area (Å²) in [6, 6.07) is 33.2. The summed E-state index contributed by atoms with van der Waals surface area (Å²) in [7, 11) is 0. The number of hydrogen-bond acceptors (Lipinski definition) is 0. The third-order valence-electron chi connectivity index (χ3n) is 6.11. The summed E-state index contributed by atoms with van der Waals surface area (Å²) in [5.41, 5.74) is 12.1. The van der Waals surface area contributed by atoms with E-state index in [1.165, 1.54) is 50.1 Å². The highest BCUT2D eigenvalue weighted by atomic mass is 14.4. The Hall–Kier alpha value is -3.12. The maximum Gasteiger partial charge on any atom is 0.0165 e. The molecule has 0 saturated heterocycles. The highest BCUT2D eigenvalue weighted by Gasteiger charge is 2.38. The van der Waals surface area contributed by atoms with Crippen LogP contribution in [0.2, 0.25) is 0 Å². The minimum atomic E-state index is -0.0308. The van der Waals surface area contributed by atoms with Gasteiger partial charge in [0.25, 0.3) is 0 Å². The van der Waals surface area contributed by atoms with Gasteiger partial charge >= 0.3 is 0 Å². The molecule has 0 atom stereocenters. The molecule has 0 unspecified atom stereocenters. The van der Waals surface area contributed by atoms with E-state index in [0.29, 0.717) is 0 Å². The van der Waals surface area contributed by atoms with Gasteiger partial charge in [-0.1, -0.05) is 110 Å². The number of aryl methyl sites for hydroxylation is 1. The van der Waals surface area contributed by atoms with Crippen molar-refractivity contribution in [2.24, 2.45) is 0 Å². The van der Waals surface area contributed by atoms with Crippen LogP contribution < -0.4 is 0 Å². The Bertz CT molecular complexity index is 1180. The van der Waals surface area contributed by atoms with Crippen molar-refractivity contribution in [3.05, 3.63) is 108 Å². The van der Waals surface area contributed by atoms with Crippen LogP contribution in [0, 0.1) is 6.92 Å². The molecular weight excluding hydrogens is 336 g/mol. The van der Waals surface area contributed by atoms with E-state index in [9.17, 15) is 0 Å². The van der Waals surface area contributed by atoms with Crippen LogP contribution in [0.25, 0.3) is 33.4 Å². The Morgan fingerprint density at radius 2 is 1.25 bits per heavy atom. The molecule has 28 heavy (non-hydrogen) atoms. The standard InChI is InChI=1S/C28H24/c1-19-10-9-13-21(18-19)22-16-17-23(20-11-5-4-6-12-20)27-26(22)24-14-7-8-15-25(24)28(27,2)3/h4-18H,1-3H3. The Morgan fingerprint density at radius 3 is 2.04 bits per heavy atom. The molecule has 0 fully saturated rings. The summed E-state index contributed by atoms with van der Waals surface area (Å²) in [6.45, 7) is 6.90. The van der Waals surface area contributed by atoms with E-state index in [2.05, 4.69) is 112 Å². The van der Waals surface area contributed by atoms with E-state index >= 15 is 0 Å².